The summed E-state index contributed by atoms with van der Waals surface area (Å²) in [6.45, 7) is 8.80. The molecule has 0 fully saturated rings. The summed E-state index contributed by atoms with van der Waals surface area (Å²) in [5.41, 5.74) is 2.68. The van der Waals surface area contributed by atoms with E-state index in [1.807, 2.05) is 45.9 Å². The van der Waals surface area contributed by atoms with E-state index in [1.165, 1.54) is 17.9 Å². The van der Waals surface area contributed by atoms with Gasteiger partial charge in [0, 0.05) is 38.6 Å². The highest BCUT2D eigenvalue weighted by Gasteiger charge is 2.26. The minimum absolute atomic E-state index is 0.221. The van der Waals surface area contributed by atoms with E-state index in [9.17, 15) is 14.4 Å². The molecule has 0 saturated heterocycles. The standard InChI is InChI=1S/C28H32N8O4/c1-6-35-25(38)20-15-30-26(33-23(20)36(35)22-9-7-8-21(32-22)24(37)29-5)31-19-11-10-17-12-13-34(16-18(17)14-19)27(39)40-28(2,3)4/h7-11,14-15H,6,12-13,16H2,1-5H3,(H,29,37)(H,30,31,33). The molecule has 1 aromatic carbocycles. The van der Waals surface area contributed by atoms with E-state index < -0.39 is 5.60 Å². The molecule has 2 N–H and O–H groups in total. The zero-order valence-corrected chi connectivity index (χ0v) is 23.2. The van der Waals surface area contributed by atoms with Crippen LogP contribution in [0.4, 0.5) is 16.4 Å². The first-order valence-corrected chi connectivity index (χ1v) is 13.1. The number of amides is 2. The van der Waals surface area contributed by atoms with E-state index in [4.69, 9.17) is 4.74 Å². The Kier molecular flexibility index (Phi) is 7.01. The maximum Gasteiger partial charge on any atom is 0.410 e. The molecule has 12 heteroatoms. The van der Waals surface area contributed by atoms with Crippen molar-refractivity contribution in [3.05, 3.63) is 69.8 Å². The number of benzene rings is 1. The number of hydrogen-bond donors (Lipinski definition) is 2. The van der Waals surface area contributed by atoms with Crippen LogP contribution in [0, 0.1) is 0 Å². The maximum absolute atomic E-state index is 13.1. The summed E-state index contributed by atoms with van der Waals surface area (Å²) < 4.78 is 8.65. The van der Waals surface area contributed by atoms with E-state index >= 15 is 0 Å². The van der Waals surface area contributed by atoms with Crippen LogP contribution in [0.3, 0.4) is 0 Å². The van der Waals surface area contributed by atoms with Gasteiger partial charge in [0.25, 0.3) is 11.5 Å². The Bertz CT molecular complexity index is 1670. The van der Waals surface area contributed by atoms with Crippen LogP contribution in [-0.4, -0.2) is 60.4 Å². The van der Waals surface area contributed by atoms with Crippen molar-refractivity contribution in [3.63, 3.8) is 0 Å². The number of pyridine rings is 1. The Hall–Kier alpha value is -4.74. The third-order valence-electron chi connectivity index (χ3n) is 6.51. The van der Waals surface area contributed by atoms with Crippen molar-refractivity contribution in [2.24, 2.45) is 0 Å². The number of carbonyl (C=O) groups excluding carboxylic acids is 2. The first-order chi connectivity index (χ1) is 19.1. The highest BCUT2D eigenvalue weighted by molar-refractivity contribution is 5.92. The predicted molar refractivity (Wildman–Crippen MR) is 150 cm³/mol. The molecule has 3 aromatic heterocycles. The Morgan fingerprint density at radius 3 is 2.62 bits per heavy atom. The highest BCUT2D eigenvalue weighted by atomic mass is 16.6. The summed E-state index contributed by atoms with van der Waals surface area (Å²) in [7, 11) is 1.53. The molecule has 4 heterocycles. The molecule has 0 unspecified atom stereocenters. The van der Waals surface area contributed by atoms with Crippen molar-refractivity contribution in [3.8, 4) is 5.82 Å². The fourth-order valence-corrected chi connectivity index (χ4v) is 4.65. The number of carbonyl (C=O) groups is 2. The number of nitrogens with zero attached hydrogens (tertiary/aromatic N) is 6. The normalized spacial score (nSPS) is 13.2. The van der Waals surface area contributed by atoms with E-state index in [1.54, 1.807) is 27.8 Å². The fourth-order valence-electron chi connectivity index (χ4n) is 4.65. The minimum Gasteiger partial charge on any atom is -0.444 e. The summed E-state index contributed by atoms with van der Waals surface area (Å²) in [5, 5.41) is 6.12. The zero-order valence-electron chi connectivity index (χ0n) is 23.2. The van der Waals surface area contributed by atoms with Gasteiger partial charge in [0.2, 0.25) is 5.95 Å². The minimum atomic E-state index is -0.562. The van der Waals surface area contributed by atoms with E-state index in [0.29, 0.717) is 36.5 Å². The Labute approximate surface area is 231 Å². The second-order valence-corrected chi connectivity index (χ2v) is 10.5. The average molecular weight is 545 g/mol. The van der Waals surface area contributed by atoms with Crippen LogP contribution in [0.5, 0.6) is 0 Å². The van der Waals surface area contributed by atoms with Gasteiger partial charge in [-0.05, 0) is 69.5 Å². The largest absolute Gasteiger partial charge is 0.444 e. The lowest BCUT2D eigenvalue weighted by atomic mass is 9.99. The number of aromatic nitrogens is 5. The summed E-state index contributed by atoms with van der Waals surface area (Å²) in [6, 6.07) is 11.0. The van der Waals surface area contributed by atoms with Crippen molar-refractivity contribution in [1.82, 2.24) is 34.5 Å². The van der Waals surface area contributed by atoms with E-state index in [2.05, 4.69) is 25.6 Å². The molecule has 1 aliphatic heterocycles. The van der Waals surface area contributed by atoms with Gasteiger partial charge in [-0.15, -0.1) is 0 Å². The lowest BCUT2D eigenvalue weighted by molar-refractivity contribution is 0.0224. The molecule has 1 aliphatic rings. The number of ether oxygens (including phenoxy) is 1. The van der Waals surface area contributed by atoms with Gasteiger partial charge >= 0.3 is 6.09 Å². The molecule has 0 bridgehead atoms. The number of hydrogen-bond acceptors (Lipinski definition) is 8. The van der Waals surface area contributed by atoms with Crippen molar-refractivity contribution in [2.45, 2.75) is 52.8 Å². The van der Waals surface area contributed by atoms with Gasteiger partial charge in [-0.3, -0.25) is 9.59 Å². The third kappa shape index (κ3) is 5.24. The molecule has 208 valence electrons. The Morgan fingerprint density at radius 1 is 1.10 bits per heavy atom. The summed E-state index contributed by atoms with van der Waals surface area (Å²) in [5.74, 6) is 0.339. The van der Waals surface area contributed by atoms with Crippen LogP contribution < -0.4 is 16.2 Å². The van der Waals surface area contributed by atoms with Crippen LogP contribution in [0.25, 0.3) is 16.9 Å². The van der Waals surface area contributed by atoms with Crippen molar-refractivity contribution < 1.29 is 14.3 Å². The molecule has 4 aromatic rings. The highest BCUT2D eigenvalue weighted by Crippen LogP contribution is 2.26. The van der Waals surface area contributed by atoms with Crippen molar-refractivity contribution in [1.29, 1.82) is 0 Å². The molecule has 5 rings (SSSR count). The topological polar surface area (TPSA) is 136 Å². The number of fused-ring (bicyclic) bond motifs is 2. The molecule has 12 nitrogen and oxygen atoms in total. The van der Waals surface area contributed by atoms with Gasteiger partial charge < -0.3 is 20.3 Å². The second kappa shape index (κ2) is 10.4. The SMILES string of the molecule is CCn1c(=O)c2cnc(Nc3ccc4c(c3)CN(C(=O)OC(C)(C)C)CC4)nc2n1-c1cccc(C(=O)NC)n1. The van der Waals surface area contributed by atoms with E-state index in [-0.39, 0.29) is 29.2 Å². The summed E-state index contributed by atoms with van der Waals surface area (Å²) >= 11 is 0. The second-order valence-electron chi connectivity index (χ2n) is 10.5. The molecule has 0 radical (unpaired) electrons. The van der Waals surface area contributed by atoms with Crippen molar-refractivity contribution >= 4 is 34.7 Å². The van der Waals surface area contributed by atoms with Crippen LogP contribution in [0.15, 0.2) is 47.4 Å². The predicted octanol–water partition coefficient (Wildman–Crippen LogP) is 3.39. The quantitative estimate of drug-likeness (QED) is 0.390. The molecule has 0 atom stereocenters. The van der Waals surface area contributed by atoms with Gasteiger partial charge in [-0.1, -0.05) is 12.1 Å². The molecule has 0 aliphatic carbocycles. The maximum atomic E-state index is 13.1. The van der Waals surface area contributed by atoms with Crippen LogP contribution in [-0.2, 0) is 24.2 Å². The van der Waals surface area contributed by atoms with Gasteiger partial charge in [-0.2, -0.15) is 4.98 Å². The zero-order chi connectivity index (χ0) is 28.6. The third-order valence-corrected chi connectivity index (χ3v) is 6.51. The molecule has 40 heavy (non-hydrogen) atoms. The van der Waals surface area contributed by atoms with Crippen LogP contribution in [0.1, 0.15) is 49.3 Å². The Balaban J connectivity index is 1.47. The van der Waals surface area contributed by atoms with Crippen molar-refractivity contribution in [2.75, 3.05) is 18.9 Å². The molecule has 0 saturated carbocycles. The van der Waals surface area contributed by atoms with Gasteiger partial charge in [-0.25, -0.2) is 24.1 Å². The first-order valence-electron chi connectivity index (χ1n) is 13.1. The van der Waals surface area contributed by atoms with Crippen LogP contribution >= 0.6 is 0 Å². The molecular formula is C28H32N8O4. The lowest BCUT2D eigenvalue weighted by Gasteiger charge is -2.31. The smallest absolute Gasteiger partial charge is 0.410 e. The molecular weight excluding hydrogens is 512 g/mol. The Morgan fingerprint density at radius 2 is 1.90 bits per heavy atom. The number of anilines is 2. The first kappa shape index (κ1) is 26.9. The number of nitrogens with one attached hydrogen (secondary N) is 2. The van der Waals surface area contributed by atoms with Gasteiger partial charge in [0.15, 0.2) is 11.5 Å². The molecule has 2 amide bonds. The molecule has 0 spiro atoms. The summed E-state index contributed by atoms with van der Waals surface area (Å²) in [4.78, 5) is 53.1. The van der Waals surface area contributed by atoms with Gasteiger partial charge in [0.05, 0.1) is 0 Å². The fraction of sp³-hybridized carbons (Fsp3) is 0.357. The monoisotopic (exact) mass is 544 g/mol. The van der Waals surface area contributed by atoms with Gasteiger partial charge in [0.1, 0.15) is 16.7 Å². The van der Waals surface area contributed by atoms with Crippen LogP contribution in [0.2, 0.25) is 0 Å². The number of rotatable bonds is 5. The summed E-state index contributed by atoms with van der Waals surface area (Å²) in [6.07, 6.45) is 1.88. The van der Waals surface area contributed by atoms with E-state index in [0.717, 1.165) is 23.2 Å². The lowest BCUT2D eigenvalue weighted by Crippen LogP contribution is -2.39. The average Bonchev–Trinajstić information content (AvgIpc) is 3.21.